The molecule has 0 aliphatic heterocycles. The van der Waals surface area contributed by atoms with Crippen molar-refractivity contribution in [2.75, 3.05) is 7.05 Å². The van der Waals surface area contributed by atoms with E-state index >= 15 is 0 Å². The van der Waals surface area contributed by atoms with Gasteiger partial charge in [0, 0.05) is 19.5 Å². The topological polar surface area (TPSA) is 20.3 Å². The van der Waals surface area contributed by atoms with Gasteiger partial charge in [-0.15, -0.1) is 0 Å². The quantitative estimate of drug-likeness (QED) is 0.777. The number of carbonyl (C=O) groups excluding carboxylic acids is 1. The minimum absolute atomic E-state index is 0.0392. The van der Waals surface area contributed by atoms with Gasteiger partial charge in [-0.1, -0.05) is 13.0 Å². The summed E-state index contributed by atoms with van der Waals surface area (Å²) in [5, 5.41) is 0. The van der Waals surface area contributed by atoms with Crippen LogP contribution in [-0.2, 0) is 4.79 Å². The van der Waals surface area contributed by atoms with Crippen molar-refractivity contribution in [2.45, 2.75) is 26.3 Å². The van der Waals surface area contributed by atoms with Gasteiger partial charge in [-0.3, -0.25) is 4.79 Å². The van der Waals surface area contributed by atoms with E-state index in [2.05, 4.69) is 0 Å². The van der Waals surface area contributed by atoms with Crippen LogP contribution in [0, 0.1) is 11.6 Å². The number of benzene rings is 1. The van der Waals surface area contributed by atoms with Crippen molar-refractivity contribution >= 4 is 5.91 Å². The number of amides is 1. The van der Waals surface area contributed by atoms with Crippen molar-refractivity contribution in [3.63, 3.8) is 0 Å². The first-order valence-corrected chi connectivity index (χ1v) is 5.16. The highest BCUT2D eigenvalue weighted by Crippen LogP contribution is 2.27. The summed E-state index contributed by atoms with van der Waals surface area (Å²) in [7, 11) is 1.54. The van der Waals surface area contributed by atoms with Crippen LogP contribution in [0.5, 0.6) is 0 Å². The first-order valence-electron chi connectivity index (χ1n) is 5.16. The molecule has 0 aliphatic rings. The molecule has 0 aliphatic carbocycles. The summed E-state index contributed by atoms with van der Waals surface area (Å²) in [5.74, 6) is -1.44. The molecule has 88 valence electrons. The van der Waals surface area contributed by atoms with E-state index in [4.69, 9.17) is 0 Å². The highest BCUT2D eigenvalue weighted by Gasteiger charge is 2.23. The van der Waals surface area contributed by atoms with E-state index in [1.54, 1.807) is 14.0 Å². The Bertz CT molecular complexity index is 372. The predicted molar refractivity (Wildman–Crippen MR) is 57.8 cm³/mol. The van der Waals surface area contributed by atoms with Crippen molar-refractivity contribution < 1.29 is 13.6 Å². The van der Waals surface area contributed by atoms with E-state index in [0.717, 1.165) is 0 Å². The molecule has 1 atom stereocenters. The van der Waals surface area contributed by atoms with Crippen molar-refractivity contribution in [1.29, 1.82) is 0 Å². The van der Waals surface area contributed by atoms with E-state index < -0.39 is 17.7 Å². The summed E-state index contributed by atoms with van der Waals surface area (Å²) in [6.07, 6.45) is 0.466. The monoisotopic (exact) mass is 227 g/mol. The minimum Gasteiger partial charge on any atom is -0.339 e. The molecule has 1 aromatic rings. The predicted octanol–water partition coefficient (Wildman–Crippen LogP) is 2.89. The Morgan fingerprint density at radius 2 is 1.88 bits per heavy atom. The largest absolute Gasteiger partial charge is 0.339 e. The zero-order valence-electron chi connectivity index (χ0n) is 9.63. The van der Waals surface area contributed by atoms with Gasteiger partial charge in [0.25, 0.3) is 0 Å². The lowest BCUT2D eigenvalue weighted by atomic mass is 10.0. The molecule has 0 saturated carbocycles. The maximum Gasteiger partial charge on any atom is 0.219 e. The van der Waals surface area contributed by atoms with Crippen molar-refractivity contribution in [2.24, 2.45) is 0 Å². The third kappa shape index (κ3) is 2.38. The lowest BCUT2D eigenvalue weighted by Crippen LogP contribution is -2.30. The summed E-state index contributed by atoms with van der Waals surface area (Å²) in [4.78, 5) is 12.6. The number of rotatable bonds is 3. The fourth-order valence-electron chi connectivity index (χ4n) is 1.72. The average Bonchev–Trinajstić information content (AvgIpc) is 2.22. The SMILES string of the molecule is CCC(c1c(F)cccc1F)N(C)C(C)=O. The van der Waals surface area contributed by atoms with Crippen LogP contribution in [0.25, 0.3) is 0 Å². The van der Waals surface area contributed by atoms with Gasteiger partial charge < -0.3 is 4.90 Å². The van der Waals surface area contributed by atoms with Gasteiger partial charge in [-0.2, -0.15) is 0 Å². The van der Waals surface area contributed by atoms with Crippen LogP contribution in [-0.4, -0.2) is 17.9 Å². The first kappa shape index (κ1) is 12.6. The lowest BCUT2D eigenvalue weighted by Gasteiger charge is -2.27. The van der Waals surface area contributed by atoms with Gasteiger partial charge in [0.05, 0.1) is 6.04 Å². The van der Waals surface area contributed by atoms with Gasteiger partial charge in [-0.05, 0) is 18.6 Å². The Morgan fingerprint density at radius 1 is 1.38 bits per heavy atom. The third-order valence-electron chi connectivity index (χ3n) is 2.68. The standard InChI is InChI=1S/C12H15F2NO/c1-4-11(15(3)8(2)16)12-9(13)6-5-7-10(12)14/h5-7,11H,4H2,1-3H3. The van der Waals surface area contributed by atoms with E-state index in [0.29, 0.717) is 6.42 Å². The summed E-state index contributed by atoms with van der Waals surface area (Å²) in [6, 6.07) is 3.16. The Morgan fingerprint density at radius 3 is 2.25 bits per heavy atom. The molecule has 2 nitrogen and oxygen atoms in total. The molecule has 0 radical (unpaired) electrons. The van der Waals surface area contributed by atoms with Crippen LogP contribution in [0.1, 0.15) is 31.9 Å². The summed E-state index contributed by atoms with van der Waals surface area (Å²) < 4.78 is 27.1. The Hall–Kier alpha value is -1.45. The molecule has 0 bridgehead atoms. The van der Waals surface area contributed by atoms with E-state index in [1.807, 2.05) is 0 Å². The van der Waals surface area contributed by atoms with Gasteiger partial charge in [-0.25, -0.2) is 8.78 Å². The molecule has 0 fully saturated rings. The molecule has 16 heavy (non-hydrogen) atoms. The second kappa shape index (κ2) is 5.05. The maximum atomic E-state index is 13.5. The number of carbonyl (C=O) groups is 1. The van der Waals surface area contributed by atoms with Crippen LogP contribution >= 0.6 is 0 Å². The molecule has 1 aromatic carbocycles. The summed E-state index contributed by atoms with van der Waals surface area (Å²) in [5.41, 5.74) is -0.0392. The lowest BCUT2D eigenvalue weighted by molar-refractivity contribution is -0.129. The number of halogens is 2. The maximum absolute atomic E-state index is 13.5. The highest BCUT2D eigenvalue weighted by atomic mass is 19.1. The first-order chi connectivity index (χ1) is 7.49. The molecule has 1 amide bonds. The summed E-state index contributed by atoms with van der Waals surface area (Å²) >= 11 is 0. The zero-order chi connectivity index (χ0) is 12.3. The van der Waals surface area contributed by atoms with Crippen LogP contribution in [0.3, 0.4) is 0 Å². The van der Waals surface area contributed by atoms with Gasteiger partial charge in [0.2, 0.25) is 5.91 Å². The summed E-state index contributed by atoms with van der Waals surface area (Å²) in [6.45, 7) is 3.16. The normalized spacial score (nSPS) is 12.3. The Labute approximate surface area is 93.9 Å². The van der Waals surface area contributed by atoms with Gasteiger partial charge in [0.1, 0.15) is 11.6 Å². The van der Waals surface area contributed by atoms with Crippen molar-refractivity contribution in [1.82, 2.24) is 4.90 Å². The molecule has 0 saturated heterocycles. The van der Waals surface area contributed by atoms with Gasteiger partial charge in [0.15, 0.2) is 0 Å². The second-order valence-corrected chi connectivity index (χ2v) is 3.69. The van der Waals surface area contributed by atoms with Crippen molar-refractivity contribution in [3.8, 4) is 0 Å². The van der Waals surface area contributed by atoms with E-state index in [-0.39, 0.29) is 11.5 Å². The molecule has 0 spiro atoms. The third-order valence-corrected chi connectivity index (χ3v) is 2.68. The van der Waals surface area contributed by atoms with E-state index in [1.165, 1.54) is 30.0 Å². The smallest absolute Gasteiger partial charge is 0.219 e. The Balaban J connectivity index is 3.18. The molecule has 1 unspecified atom stereocenters. The van der Waals surface area contributed by atoms with Crippen LogP contribution in [0.15, 0.2) is 18.2 Å². The molecule has 0 heterocycles. The molecule has 1 rings (SSSR count). The molecule has 0 N–H and O–H groups in total. The van der Waals surface area contributed by atoms with Crippen LogP contribution in [0.2, 0.25) is 0 Å². The van der Waals surface area contributed by atoms with Crippen LogP contribution in [0.4, 0.5) is 8.78 Å². The fourth-order valence-corrected chi connectivity index (χ4v) is 1.72. The van der Waals surface area contributed by atoms with Crippen LogP contribution < -0.4 is 0 Å². The fraction of sp³-hybridized carbons (Fsp3) is 0.417. The molecule has 4 heteroatoms. The Kier molecular flexibility index (Phi) is 3.99. The number of hydrogen-bond acceptors (Lipinski definition) is 1. The number of nitrogens with zero attached hydrogens (tertiary/aromatic N) is 1. The highest BCUT2D eigenvalue weighted by molar-refractivity contribution is 5.73. The average molecular weight is 227 g/mol. The molecule has 0 aromatic heterocycles. The molecular weight excluding hydrogens is 212 g/mol. The van der Waals surface area contributed by atoms with E-state index in [9.17, 15) is 13.6 Å². The zero-order valence-corrected chi connectivity index (χ0v) is 9.63. The minimum atomic E-state index is -0.611. The molecular formula is C12H15F2NO. The van der Waals surface area contributed by atoms with Crippen molar-refractivity contribution in [3.05, 3.63) is 35.4 Å². The number of hydrogen-bond donors (Lipinski definition) is 0. The second-order valence-electron chi connectivity index (χ2n) is 3.69. The van der Waals surface area contributed by atoms with Gasteiger partial charge >= 0.3 is 0 Å².